The number of alkyl halides is 3. The molecule has 1 atom stereocenters. The van der Waals surface area contributed by atoms with E-state index in [1.807, 2.05) is 0 Å². The first kappa shape index (κ1) is 18.9. The van der Waals surface area contributed by atoms with Crippen LogP contribution in [0.4, 0.5) is 18.0 Å². The van der Waals surface area contributed by atoms with Crippen LogP contribution < -0.4 is 10.1 Å². The van der Waals surface area contributed by atoms with Gasteiger partial charge in [0.25, 0.3) is 0 Å². The topological polar surface area (TPSA) is 78.9 Å². The number of halogens is 3. The van der Waals surface area contributed by atoms with E-state index in [4.69, 9.17) is 5.11 Å². The van der Waals surface area contributed by atoms with E-state index in [1.165, 1.54) is 23.1 Å². The third kappa shape index (κ3) is 5.84. The normalized spacial score (nSPS) is 17.9. The number of hydrogen-bond donors (Lipinski definition) is 2. The lowest BCUT2D eigenvalue weighted by molar-refractivity contribution is -0.274. The van der Waals surface area contributed by atoms with Crippen LogP contribution in [0.15, 0.2) is 24.3 Å². The van der Waals surface area contributed by atoms with Gasteiger partial charge in [-0.25, -0.2) is 4.79 Å². The van der Waals surface area contributed by atoms with Crippen LogP contribution in [-0.2, 0) is 11.2 Å². The molecule has 2 rings (SSSR count). The molecule has 1 aliphatic heterocycles. The third-order valence-electron chi connectivity index (χ3n) is 3.93. The number of piperidine rings is 1. The van der Waals surface area contributed by atoms with Crippen molar-refractivity contribution >= 4 is 12.0 Å². The van der Waals surface area contributed by atoms with Gasteiger partial charge in [-0.3, -0.25) is 4.79 Å². The molecular formula is C16H19F3N2O4. The first-order chi connectivity index (χ1) is 11.8. The van der Waals surface area contributed by atoms with E-state index in [0.717, 1.165) is 0 Å². The molecule has 0 saturated carbocycles. The average molecular weight is 360 g/mol. The highest BCUT2D eigenvalue weighted by Crippen LogP contribution is 2.26. The number of ether oxygens (including phenoxy) is 1. The number of para-hydroxylation sites is 1. The minimum atomic E-state index is -4.78. The van der Waals surface area contributed by atoms with Crippen molar-refractivity contribution in [3.63, 3.8) is 0 Å². The molecule has 1 saturated heterocycles. The van der Waals surface area contributed by atoms with E-state index >= 15 is 0 Å². The molecule has 1 aliphatic rings. The molecule has 1 heterocycles. The maximum absolute atomic E-state index is 12.4. The van der Waals surface area contributed by atoms with Crippen LogP contribution in [-0.4, -0.2) is 48.0 Å². The Bertz CT molecular complexity index is 622. The zero-order valence-corrected chi connectivity index (χ0v) is 13.4. The Kier molecular flexibility index (Phi) is 6.11. The van der Waals surface area contributed by atoms with Crippen molar-refractivity contribution in [1.82, 2.24) is 10.2 Å². The molecule has 0 aliphatic carbocycles. The smallest absolute Gasteiger partial charge is 0.481 e. The van der Waals surface area contributed by atoms with Gasteiger partial charge in [0.2, 0.25) is 0 Å². The number of rotatable bonds is 5. The minimum absolute atomic E-state index is 0.116. The van der Waals surface area contributed by atoms with E-state index in [1.54, 1.807) is 6.07 Å². The van der Waals surface area contributed by atoms with Crippen LogP contribution in [0.25, 0.3) is 0 Å². The lowest BCUT2D eigenvalue weighted by Gasteiger charge is -2.30. The predicted octanol–water partition coefficient (Wildman–Crippen LogP) is 2.63. The second kappa shape index (κ2) is 8.09. The van der Waals surface area contributed by atoms with Crippen molar-refractivity contribution < 1.29 is 32.6 Å². The number of carbonyl (C=O) groups excluding carboxylic acids is 1. The highest BCUT2D eigenvalue weighted by atomic mass is 19.4. The molecule has 9 heteroatoms. The van der Waals surface area contributed by atoms with Gasteiger partial charge in [0, 0.05) is 19.6 Å². The Labute approximate surface area is 142 Å². The zero-order chi connectivity index (χ0) is 18.4. The summed E-state index contributed by atoms with van der Waals surface area (Å²) in [5, 5.41) is 11.6. The number of hydrogen-bond acceptors (Lipinski definition) is 3. The Morgan fingerprint density at radius 3 is 2.72 bits per heavy atom. The predicted molar refractivity (Wildman–Crippen MR) is 82.2 cm³/mol. The van der Waals surface area contributed by atoms with Crippen LogP contribution in [0.1, 0.15) is 18.4 Å². The van der Waals surface area contributed by atoms with Crippen LogP contribution in [0.2, 0.25) is 0 Å². The Balaban J connectivity index is 1.86. The van der Waals surface area contributed by atoms with E-state index in [2.05, 4.69) is 10.1 Å². The first-order valence-corrected chi connectivity index (χ1v) is 7.85. The largest absolute Gasteiger partial charge is 0.573 e. The summed E-state index contributed by atoms with van der Waals surface area (Å²) in [6.45, 7) is 0.712. The van der Waals surface area contributed by atoms with Gasteiger partial charge >= 0.3 is 18.4 Å². The molecule has 1 fully saturated rings. The standard InChI is InChI=1S/C16H19F3N2O4/c17-16(18,19)25-13-6-2-1-4-11(13)7-8-20-15(24)21-9-3-5-12(10-21)14(22)23/h1-2,4,6,12H,3,5,7-10H2,(H,20,24)(H,22,23). The molecule has 1 aromatic carbocycles. The van der Waals surface area contributed by atoms with Crippen LogP contribution in [0.5, 0.6) is 5.75 Å². The Morgan fingerprint density at radius 1 is 1.32 bits per heavy atom. The minimum Gasteiger partial charge on any atom is -0.481 e. The summed E-state index contributed by atoms with van der Waals surface area (Å²) >= 11 is 0. The Morgan fingerprint density at radius 2 is 2.04 bits per heavy atom. The summed E-state index contributed by atoms with van der Waals surface area (Å²) in [5.41, 5.74) is 0.321. The zero-order valence-electron chi connectivity index (χ0n) is 13.4. The van der Waals surface area contributed by atoms with Gasteiger partial charge in [-0.2, -0.15) is 0 Å². The molecule has 2 amide bonds. The summed E-state index contributed by atoms with van der Waals surface area (Å²) in [6, 6.07) is 5.31. The number of amides is 2. The fourth-order valence-corrected chi connectivity index (χ4v) is 2.71. The van der Waals surface area contributed by atoms with E-state index in [-0.39, 0.29) is 25.3 Å². The number of carboxylic acids is 1. The summed E-state index contributed by atoms with van der Waals surface area (Å²) in [7, 11) is 0. The number of nitrogens with one attached hydrogen (secondary N) is 1. The molecule has 1 aromatic rings. The quantitative estimate of drug-likeness (QED) is 0.846. The number of urea groups is 1. The van der Waals surface area contributed by atoms with Crippen LogP contribution in [0.3, 0.4) is 0 Å². The van der Waals surface area contributed by atoms with Gasteiger partial charge in [-0.05, 0) is 30.9 Å². The van der Waals surface area contributed by atoms with Crippen molar-refractivity contribution in [3.05, 3.63) is 29.8 Å². The van der Waals surface area contributed by atoms with E-state index in [9.17, 15) is 22.8 Å². The molecule has 25 heavy (non-hydrogen) atoms. The molecule has 0 spiro atoms. The SMILES string of the molecule is O=C(O)C1CCCN(C(=O)NCCc2ccccc2OC(F)(F)F)C1. The van der Waals surface area contributed by atoms with Crippen molar-refractivity contribution in [3.8, 4) is 5.75 Å². The first-order valence-electron chi connectivity index (χ1n) is 7.85. The van der Waals surface area contributed by atoms with Crippen LogP contribution >= 0.6 is 0 Å². The lowest BCUT2D eigenvalue weighted by atomic mass is 9.99. The number of nitrogens with zero attached hydrogens (tertiary/aromatic N) is 1. The fraction of sp³-hybridized carbons (Fsp3) is 0.500. The molecule has 1 unspecified atom stereocenters. The lowest BCUT2D eigenvalue weighted by Crippen LogP contribution is -2.47. The van der Waals surface area contributed by atoms with Crippen molar-refractivity contribution in [1.29, 1.82) is 0 Å². The maximum atomic E-state index is 12.4. The number of likely N-dealkylation sites (tertiary alicyclic amines) is 1. The Hall–Kier alpha value is -2.45. The molecule has 0 aromatic heterocycles. The molecule has 6 nitrogen and oxygen atoms in total. The van der Waals surface area contributed by atoms with Gasteiger partial charge in [0.05, 0.1) is 5.92 Å². The monoisotopic (exact) mass is 360 g/mol. The van der Waals surface area contributed by atoms with Crippen molar-refractivity contribution in [2.45, 2.75) is 25.6 Å². The van der Waals surface area contributed by atoms with Crippen LogP contribution in [0, 0.1) is 5.92 Å². The number of aliphatic carboxylic acids is 1. The number of benzene rings is 1. The summed E-state index contributed by atoms with van der Waals surface area (Å²) in [5.74, 6) is -1.82. The van der Waals surface area contributed by atoms with Gasteiger partial charge in [0.1, 0.15) is 5.75 Å². The highest BCUT2D eigenvalue weighted by Gasteiger charge is 2.32. The van der Waals surface area contributed by atoms with E-state index in [0.29, 0.717) is 24.9 Å². The van der Waals surface area contributed by atoms with E-state index < -0.39 is 24.3 Å². The maximum Gasteiger partial charge on any atom is 0.573 e. The number of carboxylic acid groups (broad SMARTS) is 1. The summed E-state index contributed by atoms with van der Waals surface area (Å²) in [4.78, 5) is 24.5. The highest BCUT2D eigenvalue weighted by molar-refractivity contribution is 5.76. The molecule has 2 N–H and O–H groups in total. The van der Waals surface area contributed by atoms with Gasteiger partial charge in [0.15, 0.2) is 0 Å². The second-order valence-electron chi connectivity index (χ2n) is 5.76. The average Bonchev–Trinajstić information content (AvgIpc) is 2.55. The molecule has 0 bridgehead atoms. The molecule has 0 radical (unpaired) electrons. The summed E-state index contributed by atoms with van der Waals surface area (Å²) in [6.07, 6.45) is -3.49. The fourth-order valence-electron chi connectivity index (χ4n) is 2.71. The van der Waals surface area contributed by atoms with Gasteiger partial charge in [-0.1, -0.05) is 18.2 Å². The second-order valence-corrected chi connectivity index (χ2v) is 5.76. The van der Waals surface area contributed by atoms with Gasteiger partial charge in [-0.15, -0.1) is 13.2 Å². The molecular weight excluding hydrogens is 341 g/mol. The van der Waals surface area contributed by atoms with Gasteiger partial charge < -0.3 is 20.1 Å². The summed E-state index contributed by atoms with van der Waals surface area (Å²) < 4.78 is 41.1. The third-order valence-corrected chi connectivity index (χ3v) is 3.93. The number of carbonyl (C=O) groups is 2. The molecule has 138 valence electrons. The van der Waals surface area contributed by atoms with Crippen molar-refractivity contribution in [2.75, 3.05) is 19.6 Å². The van der Waals surface area contributed by atoms with Crippen molar-refractivity contribution in [2.24, 2.45) is 5.92 Å².